The predicted octanol–water partition coefficient (Wildman–Crippen LogP) is -6.22. The highest BCUT2D eigenvalue weighted by Gasteiger charge is 2.26. The first-order valence-corrected chi connectivity index (χ1v) is 7.45. The van der Waals surface area contributed by atoms with Crippen molar-refractivity contribution < 1.29 is 56.9 Å². The molecule has 0 atom stereocenters. The number of piperazine rings is 2. The monoisotopic (exact) mass is 510 g/mol. The second kappa shape index (κ2) is 8.81. The summed E-state index contributed by atoms with van der Waals surface area (Å²) in [5.41, 5.74) is 0. The standard InChI is InChI=1S/C14H32N4.2HI/c1-17(2)11-7-15(8-12-17)5-6-16-9-13-18(3,4)14-10-16;;/h5-14H2,1-4H3;2*1H/q+2;;/p-2. The zero-order valence-electron chi connectivity index (χ0n) is 13.6. The maximum Gasteiger partial charge on any atom is 0.0912 e. The van der Waals surface area contributed by atoms with Crippen LogP contribution in [0, 0.1) is 0 Å². The van der Waals surface area contributed by atoms with Crippen LogP contribution in [0.15, 0.2) is 0 Å². The predicted molar refractivity (Wildman–Crippen MR) is 76.6 cm³/mol. The lowest BCUT2D eigenvalue weighted by Crippen LogP contribution is -3.00. The van der Waals surface area contributed by atoms with Gasteiger partial charge in [0.15, 0.2) is 0 Å². The molecule has 20 heavy (non-hydrogen) atoms. The first-order chi connectivity index (χ1) is 8.36. The Balaban J connectivity index is 0.00000180. The molecule has 0 bridgehead atoms. The van der Waals surface area contributed by atoms with Crippen LogP contribution in [0.3, 0.4) is 0 Å². The maximum atomic E-state index is 2.65. The van der Waals surface area contributed by atoms with Gasteiger partial charge in [0.2, 0.25) is 0 Å². The molecule has 0 spiro atoms. The van der Waals surface area contributed by atoms with E-state index in [-0.39, 0.29) is 48.0 Å². The van der Waals surface area contributed by atoms with Gasteiger partial charge < -0.3 is 56.9 Å². The molecular weight excluding hydrogens is 478 g/mol. The normalized spacial score (nSPS) is 26.4. The lowest BCUT2D eigenvalue weighted by atomic mass is 10.2. The summed E-state index contributed by atoms with van der Waals surface area (Å²) in [5.74, 6) is 0. The van der Waals surface area contributed by atoms with E-state index in [2.05, 4.69) is 38.0 Å². The maximum absolute atomic E-state index is 2.65. The molecule has 2 saturated heterocycles. The van der Waals surface area contributed by atoms with Crippen molar-refractivity contribution in [3.05, 3.63) is 0 Å². The third-order valence-electron chi connectivity index (χ3n) is 4.82. The van der Waals surface area contributed by atoms with Crippen molar-refractivity contribution in [3.63, 3.8) is 0 Å². The fourth-order valence-electron chi connectivity index (χ4n) is 2.83. The van der Waals surface area contributed by atoms with Gasteiger partial charge in [0.05, 0.1) is 54.4 Å². The van der Waals surface area contributed by atoms with E-state index in [9.17, 15) is 0 Å². The third kappa shape index (κ3) is 7.04. The quantitative estimate of drug-likeness (QED) is 0.276. The van der Waals surface area contributed by atoms with Gasteiger partial charge in [-0.2, -0.15) is 0 Å². The van der Waals surface area contributed by atoms with Gasteiger partial charge in [0, 0.05) is 39.3 Å². The molecule has 122 valence electrons. The zero-order valence-corrected chi connectivity index (χ0v) is 17.9. The van der Waals surface area contributed by atoms with E-state index < -0.39 is 0 Å². The van der Waals surface area contributed by atoms with Gasteiger partial charge in [-0.3, -0.25) is 9.80 Å². The average molecular weight is 510 g/mol. The van der Waals surface area contributed by atoms with Crippen LogP contribution < -0.4 is 48.0 Å². The van der Waals surface area contributed by atoms with Crippen LogP contribution in [0.25, 0.3) is 0 Å². The number of halogens is 2. The van der Waals surface area contributed by atoms with E-state index >= 15 is 0 Å². The summed E-state index contributed by atoms with van der Waals surface area (Å²) in [4.78, 5) is 5.30. The largest absolute Gasteiger partial charge is 1.00 e. The number of hydrogen-bond donors (Lipinski definition) is 0. The highest BCUT2D eigenvalue weighted by molar-refractivity contribution is 4.68. The Morgan fingerprint density at radius 3 is 1.10 bits per heavy atom. The Kier molecular flexibility index (Phi) is 9.38. The second-order valence-corrected chi connectivity index (χ2v) is 7.45. The fourth-order valence-corrected chi connectivity index (χ4v) is 2.83. The van der Waals surface area contributed by atoms with E-state index in [1.807, 2.05) is 0 Å². The fraction of sp³-hybridized carbons (Fsp3) is 1.00. The van der Waals surface area contributed by atoms with Crippen LogP contribution in [-0.4, -0.2) is 112 Å². The van der Waals surface area contributed by atoms with E-state index in [1.54, 1.807) is 0 Å². The summed E-state index contributed by atoms with van der Waals surface area (Å²) in [6.07, 6.45) is 0. The Bertz CT molecular complexity index is 236. The molecule has 0 unspecified atom stereocenters. The zero-order chi connectivity index (χ0) is 13.2. The van der Waals surface area contributed by atoms with Crippen molar-refractivity contribution in [2.45, 2.75) is 0 Å². The van der Waals surface area contributed by atoms with Gasteiger partial charge in [-0.25, -0.2) is 0 Å². The molecule has 4 nitrogen and oxygen atoms in total. The van der Waals surface area contributed by atoms with Crippen LogP contribution in [0.5, 0.6) is 0 Å². The molecule has 2 fully saturated rings. The Morgan fingerprint density at radius 2 is 0.850 bits per heavy atom. The summed E-state index contributed by atoms with van der Waals surface area (Å²) in [5, 5.41) is 0. The molecule has 2 aliphatic heterocycles. The van der Waals surface area contributed by atoms with Crippen LogP contribution in [0.1, 0.15) is 0 Å². The summed E-state index contributed by atoms with van der Waals surface area (Å²) in [6, 6.07) is 0. The molecule has 2 heterocycles. The number of rotatable bonds is 3. The molecule has 2 aliphatic rings. The third-order valence-corrected chi connectivity index (χ3v) is 4.82. The highest BCUT2D eigenvalue weighted by Crippen LogP contribution is 2.09. The van der Waals surface area contributed by atoms with Crippen molar-refractivity contribution in [1.29, 1.82) is 0 Å². The van der Waals surface area contributed by atoms with Crippen molar-refractivity contribution in [3.8, 4) is 0 Å². The summed E-state index contributed by atoms with van der Waals surface area (Å²) < 4.78 is 2.40. The molecular formula is C14H32I2N4. The number of likely N-dealkylation sites (N-methyl/N-ethyl adjacent to an activating group) is 2. The minimum atomic E-state index is 0. The first kappa shape index (κ1) is 21.3. The molecule has 6 heteroatoms. The van der Waals surface area contributed by atoms with Crippen molar-refractivity contribution in [1.82, 2.24) is 9.80 Å². The first-order valence-electron chi connectivity index (χ1n) is 7.45. The smallest absolute Gasteiger partial charge is 0.0912 e. The van der Waals surface area contributed by atoms with Crippen LogP contribution in [0.2, 0.25) is 0 Å². The molecule has 2 rings (SSSR count). The van der Waals surface area contributed by atoms with E-state index in [1.165, 1.54) is 74.4 Å². The molecule has 0 aromatic rings. The van der Waals surface area contributed by atoms with Crippen LogP contribution in [-0.2, 0) is 0 Å². The van der Waals surface area contributed by atoms with Gasteiger partial charge in [-0.15, -0.1) is 0 Å². The Morgan fingerprint density at radius 1 is 0.600 bits per heavy atom. The topological polar surface area (TPSA) is 6.48 Å². The minimum absolute atomic E-state index is 0. The minimum Gasteiger partial charge on any atom is -1.00 e. The van der Waals surface area contributed by atoms with Gasteiger partial charge in [-0.1, -0.05) is 0 Å². The number of nitrogens with zero attached hydrogens (tertiary/aromatic N) is 4. The molecule has 0 amide bonds. The molecule has 0 N–H and O–H groups in total. The van der Waals surface area contributed by atoms with Gasteiger partial charge in [0.25, 0.3) is 0 Å². The van der Waals surface area contributed by atoms with Crippen molar-refractivity contribution in [2.24, 2.45) is 0 Å². The van der Waals surface area contributed by atoms with Crippen molar-refractivity contribution in [2.75, 3.05) is 93.6 Å². The van der Waals surface area contributed by atoms with E-state index in [0.29, 0.717) is 0 Å². The molecule has 0 aromatic heterocycles. The summed E-state index contributed by atoms with van der Waals surface area (Å²) >= 11 is 0. The Hall–Kier alpha value is 1.30. The lowest BCUT2D eigenvalue weighted by Gasteiger charge is -2.41. The van der Waals surface area contributed by atoms with Crippen molar-refractivity contribution >= 4 is 0 Å². The second-order valence-electron chi connectivity index (χ2n) is 7.45. The number of quaternary nitrogens is 2. The molecule has 0 aromatic carbocycles. The average Bonchev–Trinajstić information content (AvgIpc) is 2.29. The van der Waals surface area contributed by atoms with Crippen LogP contribution >= 0.6 is 0 Å². The number of hydrogen-bond acceptors (Lipinski definition) is 2. The molecule has 0 radical (unpaired) electrons. The van der Waals surface area contributed by atoms with E-state index in [4.69, 9.17) is 0 Å². The Labute approximate surface area is 159 Å². The van der Waals surface area contributed by atoms with Gasteiger partial charge >= 0.3 is 0 Å². The van der Waals surface area contributed by atoms with E-state index in [0.717, 1.165) is 0 Å². The summed E-state index contributed by atoms with van der Waals surface area (Å²) in [6.45, 7) is 12.9. The summed E-state index contributed by atoms with van der Waals surface area (Å²) in [7, 11) is 9.40. The highest BCUT2D eigenvalue weighted by atomic mass is 127. The molecule has 0 saturated carbocycles. The molecule has 0 aliphatic carbocycles. The SMILES string of the molecule is C[N+]1(C)CCN(CCN2CC[N+](C)(C)CC2)CC1.[I-].[I-]. The van der Waals surface area contributed by atoms with Gasteiger partial charge in [-0.05, 0) is 0 Å². The van der Waals surface area contributed by atoms with Gasteiger partial charge in [0.1, 0.15) is 0 Å². The lowest BCUT2D eigenvalue weighted by molar-refractivity contribution is -0.895. The van der Waals surface area contributed by atoms with Crippen LogP contribution in [0.4, 0.5) is 0 Å².